The summed E-state index contributed by atoms with van der Waals surface area (Å²) in [5.41, 5.74) is 5.24. The SMILES string of the molecule is Cc1nc(-c2ccccc2)cc(CC2CCCC2)c1[Si](C)(C)C. The van der Waals surface area contributed by atoms with Gasteiger partial charge in [-0.1, -0.05) is 75.7 Å². The van der Waals surface area contributed by atoms with Crippen molar-refractivity contribution in [1.82, 2.24) is 4.98 Å². The maximum Gasteiger partial charge on any atom is 0.0803 e. The minimum atomic E-state index is -1.38. The summed E-state index contributed by atoms with van der Waals surface area (Å²) < 4.78 is 0. The molecule has 0 amide bonds. The van der Waals surface area contributed by atoms with Crippen molar-refractivity contribution in [3.05, 3.63) is 47.7 Å². The van der Waals surface area contributed by atoms with Gasteiger partial charge in [0.1, 0.15) is 0 Å². The highest BCUT2D eigenvalue weighted by molar-refractivity contribution is 6.89. The summed E-state index contributed by atoms with van der Waals surface area (Å²) in [7, 11) is -1.38. The Morgan fingerprint density at radius 1 is 1.04 bits per heavy atom. The van der Waals surface area contributed by atoms with Crippen LogP contribution in [0.5, 0.6) is 0 Å². The van der Waals surface area contributed by atoms with Crippen molar-refractivity contribution in [2.24, 2.45) is 5.92 Å². The zero-order valence-electron chi connectivity index (χ0n) is 15.0. The topological polar surface area (TPSA) is 12.9 Å². The Hall–Kier alpha value is -1.41. The summed E-state index contributed by atoms with van der Waals surface area (Å²) >= 11 is 0. The van der Waals surface area contributed by atoms with Gasteiger partial charge in [0.25, 0.3) is 0 Å². The molecule has 23 heavy (non-hydrogen) atoms. The third-order valence-electron chi connectivity index (χ3n) is 5.08. The summed E-state index contributed by atoms with van der Waals surface area (Å²) in [6.07, 6.45) is 6.91. The van der Waals surface area contributed by atoms with Crippen LogP contribution >= 0.6 is 0 Å². The molecule has 1 aromatic carbocycles. The highest BCUT2D eigenvalue weighted by atomic mass is 28.3. The summed E-state index contributed by atoms with van der Waals surface area (Å²) in [4.78, 5) is 4.98. The Balaban J connectivity index is 2.06. The van der Waals surface area contributed by atoms with Crippen molar-refractivity contribution in [2.45, 2.75) is 58.7 Å². The molecule has 0 N–H and O–H groups in total. The van der Waals surface area contributed by atoms with Gasteiger partial charge >= 0.3 is 0 Å². The molecule has 1 heterocycles. The van der Waals surface area contributed by atoms with Crippen molar-refractivity contribution in [3.63, 3.8) is 0 Å². The molecule has 1 aliphatic rings. The zero-order chi connectivity index (χ0) is 16.4. The first-order valence-corrected chi connectivity index (χ1v) is 12.5. The van der Waals surface area contributed by atoms with Crippen LogP contribution in [-0.4, -0.2) is 13.1 Å². The predicted molar refractivity (Wildman–Crippen MR) is 103 cm³/mol. The molecule has 1 nitrogen and oxygen atoms in total. The molecule has 0 radical (unpaired) electrons. The van der Waals surface area contributed by atoms with Crippen LogP contribution in [-0.2, 0) is 6.42 Å². The van der Waals surface area contributed by atoms with Crippen LogP contribution in [0, 0.1) is 12.8 Å². The molecule has 1 aliphatic carbocycles. The van der Waals surface area contributed by atoms with Crippen LogP contribution in [0.2, 0.25) is 19.6 Å². The number of aromatic nitrogens is 1. The van der Waals surface area contributed by atoms with Crippen molar-refractivity contribution in [2.75, 3.05) is 0 Å². The lowest BCUT2D eigenvalue weighted by Gasteiger charge is -2.25. The van der Waals surface area contributed by atoms with E-state index in [0.29, 0.717) is 0 Å². The zero-order valence-corrected chi connectivity index (χ0v) is 16.0. The lowest BCUT2D eigenvalue weighted by molar-refractivity contribution is 0.547. The first-order valence-electron chi connectivity index (χ1n) is 9.01. The van der Waals surface area contributed by atoms with Crippen molar-refractivity contribution in [1.29, 1.82) is 0 Å². The third-order valence-corrected chi connectivity index (χ3v) is 7.27. The van der Waals surface area contributed by atoms with E-state index in [0.717, 1.165) is 11.6 Å². The lowest BCUT2D eigenvalue weighted by atomic mass is 9.96. The highest BCUT2D eigenvalue weighted by Gasteiger charge is 2.26. The van der Waals surface area contributed by atoms with Gasteiger partial charge in [0.2, 0.25) is 0 Å². The van der Waals surface area contributed by atoms with Gasteiger partial charge < -0.3 is 0 Å². The molecule has 0 atom stereocenters. The van der Waals surface area contributed by atoms with Crippen molar-refractivity contribution in [3.8, 4) is 11.3 Å². The number of benzene rings is 1. The van der Waals surface area contributed by atoms with E-state index in [9.17, 15) is 0 Å². The van der Waals surface area contributed by atoms with Crippen LogP contribution in [0.1, 0.15) is 36.9 Å². The monoisotopic (exact) mass is 323 g/mol. The molecule has 1 fully saturated rings. The van der Waals surface area contributed by atoms with E-state index < -0.39 is 8.07 Å². The average molecular weight is 324 g/mol. The smallest absolute Gasteiger partial charge is 0.0803 e. The number of hydrogen-bond acceptors (Lipinski definition) is 1. The molecule has 2 aromatic rings. The van der Waals surface area contributed by atoms with Crippen molar-refractivity contribution >= 4 is 13.3 Å². The number of rotatable bonds is 4. The molecule has 0 aliphatic heterocycles. The fourth-order valence-corrected chi connectivity index (χ4v) is 6.48. The summed E-state index contributed by atoms with van der Waals surface area (Å²) in [6.45, 7) is 9.59. The normalized spacial score (nSPS) is 16.0. The number of nitrogens with zero attached hydrogens (tertiary/aromatic N) is 1. The Kier molecular flexibility index (Phi) is 4.72. The van der Waals surface area contributed by atoms with E-state index >= 15 is 0 Å². The van der Waals surface area contributed by atoms with E-state index in [1.54, 1.807) is 10.8 Å². The molecular weight excluding hydrogens is 294 g/mol. The minimum Gasteiger partial charge on any atom is -0.253 e. The second-order valence-corrected chi connectivity index (χ2v) is 13.1. The molecule has 0 spiro atoms. The van der Waals surface area contributed by atoms with E-state index in [2.05, 4.69) is 63.0 Å². The fourth-order valence-electron chi connectivity index (χ4n) is 4.21. The van der Waals surface area contributed by atoms with E-state index in [-0.39, 0.29) is 0 Å². The second-order valence-electron chi connectivity index (χ2n) is 8.10. The predicted octanol–water partition coefficient (Wildman–Crippen LogP) is 5.33. The van der Waals surface area contributed by atoms with Crippen LogP contribution in [0.4, 0.5) is 0 Å². The van der Waals surface area contributed by atoms with Crippen LogP contribution in [0.15, 0.2) is 36.4 Å². The molecule has 3 rings (SSSR count). The fraction of sp³-hybridized carbons (Fsp3) is 0.476. The minimum absolute atomic E-state index is 0.885. The van der Waals surface area contributed by atoms with Gasteiger partial charge in [-0.15, -0.1) is 0 Å². The van der Waals surface area contributed by atoms with Crippen molar-refractivity contribution < 1.29 is 0 Å². The van der Waals surface area contributed by atoms with Crippen LogP contribution in [0.3, 0.4) is 0 Å². The van der Waals surface area contributed by atoms with Gasteiger partial charge in [0.15, 0.2) is 0 Å². The molecule has 0 unspecified atom stereocenters. The largest absolute Gasteiger partial charge is 0.253 e. The van der Waals surface area contributed by atoms with Gasteiger partial charge in [-0.25, -0.2) is 0 Å². The molecule has 0 bridgehead atoms. The molecular formula is C21H29NSi. The first kappa shape index (κ1) is 16.4. The summed E-state index contributed by atoms with van der Waals surface area (Å²) in [5.74, 6) is 0.885. The van der Waals surface area contributed by atoms with Gasteiger partial charge in [-0.05, 0) is 36.1 Å². The van der Waals surface area contributed by atoms with E-state index in [1.165, 1.54) is 43.4 Å². The molecule has 122 valence electrons. The maximum absolute atomic E-state index is 4.98. The Labute approximate surface area is 142 Å². The first-order chi connectivity index (χ1) is 10.9. The summed E-state index contributed by atoms with van der Waals surface area (Å²) in [5, 5.41) is 1.60. The molecule has 0 saturated heterocycles. The average Bonchev–Trinajstić information content (AvgIpc) is 2.99. The van der Waals surface area contributed by atoms with Crippen LogP contribution in [0.25, 0.3) is 11.3 Å². The van der Waals surface area contributed by atoms with Gasteiger partial charge in [-0.2, -0.15) is 0 Å². The third kappa shape index (κ3) is 3.74. The highest BCUT2D eigenvalue weighted by Crippen LogP contribution is 2.29. The Morgan fingerprint density at radius 2 is 1.70 bits per heavy atom. The molecule has 1 aromatic heterocycles. The number of aryl methyl sites for hydroxylation is 1. The van der Waals surface area contributed by atoms with Crippen LogP contribution < -0.4 is 5.19 Å². The van der Waals surface area contributed by atoms with E-state index in [1.807, 2.05) is 0 Å². The number of pyridine rings is 1. The Bertz CT molecular complexity index is 664. The molecule has 2 heteroatoms. The summed E-state index contributed by atoms with van der Waals surface area (Å²) in [6, 6.07) is 13.0. The van der Waals surface area contributed by atoms with Gasteiger partial charge in [0.05, 0.1) is 13.8 Å². The Morgan fingerprint density at radius 3 is 2.30 bits per heavy atom. The van der Waals surface area contributed by atoms with Gasteiger partial charge in [0, 0.05) is 11.3 Å². The lowest BCUT2D eigenvalue weighted by Crippen LogP contribution is -2.43. The number of hydrogen-bond donors (Lipinski definition) is 0. The molecule has 1 saturated carbocycles. The van der Waals surface area contributed by atoms with E-state index in [4.69, 9.17) is 4.98 Å². The maximum atomic E-state index is 4.98. The van der Waals surface area contributed by atoms with Gasteiger partial charge in [-0.3, -0.25) is 4.98 Å². The standard InChI is InChI=1S/C21H29NSi/c1-16-21(23(2,3)4)19(14-17-10-8-9-11-17)15-20(22-16)18-12-6-5-7-13-18/h5-7,12-13,15,17H,8-11,14H2,1-4H3. The quantitative estimate of drug-likeness (QED) is 0.693. The second kappa shape index (κ2) is 6.60.